The third-order valence-corrected chi connectivity index (χ3v) is 5.93. The van der Waals surface area contributed by atoms with Gasteiger partial charge in [-0.05, 0) is 44.0 Å². The Morgan fingerprint density at radius 2 is 1.75 bits per heavy atom. The van der Waals surface area contributed by atoms with Crippen molar-refractivity contribution in [3.05, 3.63) is 24.3 Å². The van der Waals surface area contributed by atoms with Crippen LogP contribution in [0.15, 0.2) is 29.2 Å². The van der Waals surface area contributed by atoms with E-state index in [0.29, 0.717) is 4.90 Å². The standard InChI is InChI=1S/C15H24N2O2S/c1-3-16-13-9-11-15(12-10-13)20(18,19)17(2)14-7-5-4-6-8-14/h9-12,14,16H,3-8H2,1-2H3. The van der Waals surface area contributed by atoms with Crippen molar-refractivity contribution in [1.29, 1.82) is 0 Å². The third kappa shape index (κ3) is 3.33. The number of sulfonamides is 1. The fourth-order valence-electron chi connectivity index (χ4n) is 2.76. The van der Waals surface area contributed by atoms with Crippen LogP contribution in [0, 0.1) is 0 Å². The molecule has 0 saturated heterocycles. The molecule has 1 fully saturated rings. The highest BCUT2D eigenvalue weighted by Gasteiger charge is 2.28. The van der Waals surface area contributed by atoms with E-state index in [1.165, 1.54) is 6.42 Å². The summed E-state index contributed by atoms with van der Waals surface area (Å²) in [4.78, 5) is 0.382. The summed E-state index contributed by atoms with van der Waals surface area (Å²) in [5.41, 5.74) is 0.951. The molecule has 1 saturated carbocycles. The molecule has 5 heteroatoms. The number of rotatable bonds is 5. The Bertz CT molecular complexity index is 519. The second-order valence-electron chi connectivity index (χ2n) is 5.37. The molecule has 0 aliphatic heterocycles. The summed E-state index contributed by atoms with van der Waals surface area (Å²) < 4.78 is 26.8. The van der Waals surface area contributed by atoms with Gasteiger partial charge in [-0.3, -0.25) is 0 Å². The molecule has 0 bridgehead atoms. The predicted octanol–water partition coefficient (Wildman–Crippen LogP) is 3.07. The largest absolute Gasteiger partial charge is 0.385 e. The fourth-order valence-corrected chi connectivity index (χ4v) is 4.17. The molecular formula is C15H24N2O2S. The minimum absolute atomic E-state index is 0.155. The number of benzene rings is 1. The van der Waals surface area contributed by atoms with Crippen molar-refractivity contribution in [2.24, 2.45) is 0 Å². The number of nitrogens with one attached hydrogen (secondary N) is 1. The Labute approximate surface area is 122 Å². The van der Waals surface area contributed by atoms with Gasteiger partial charge in [0.1, 0.15) is 0 Å². The van der Waals surface area contributed by atoms with E-state index in [-0.39, 0.29) is 6.04 Å². The van der Waals surface area contributed by atoms with Crippen LogP contribution < -0.4 is 5.32 Å². The first-order chi connectivity index (χ1) is 9.55. The van der Waals surface area contributed by atoms with Crippen molar-refractivity contribution in [2.75, 3.05) is 18.9 Å². The van der Waals surface area contributed by atoms with Crippen LogP contribution in [0.4, 0.5) is 5.69 Å². The summed E-state index contributed by atoms with van der Waals surface area (Å²) in [6, 6.07) is 7.18. The maximum atomic E-state index is 12.6. The van der Waals surface area contributed by atoms with Gasteiger partial charge in [0, 0.05) is 25.3 Å². The lowest BCUT2D eigenvalue weighted by atomic mass is 9.96. The highest BCUT2D eigenvalue weighted by Crippen LogP contribution is 2.26. The zero-order valence-electron chi connectivity index (χ0n) is 12.3. The SMILES string of the molecule is CCNc1ccc(S(=O)(=O)N(C)C2CCCCC2)cc1. The van der Waals surface area contributed by atoms with Crippen molar-refractivity contribution in [1.82, 2.24) is 4.31 Å². The van der Waals surface area contributed by atoms with Gasteiger partial charge < -0.3 is 5.32 Å². The highest BCUT2D eigenvalue weighted by molar-refractivity contribution is 7.89. The Kier molecular flexibility index (Phi) is 5.05. The van der Waals surface area contributed by atoms with Gasteiger partial charge in [0.2, 0.25) is 10.0 Å². The van der Waals surface area contributed by atoms with Crippen LogP contribution in [0.25, 0.3) is 0 Å². The summed E-state index contributed by atoms with van der Waals surface area (Å²) in [6.45, 7) is 2.84. The molecule has 2 rings (SSSR count). The lowest BCUT2D eigenvalue weighted by molar-refractivity contribution is 0.286. The Balaban J connectivity index is 2.15. The van der Waals surface area contributed by atoms with E-state index in [4.69, 9.17) is 0 Å². The van der Waals surface area contributed by atoms with E-state index in [2.05, 4.69) is 5.32 Å². The first-order valence-corrected chi connectivity index (χ1v) is 8.81. The number of anilines is 1. The van der Waals surface area contributed by atoms with Crippen molar-refractivity contribution < 1.29 is 8.42 Å². The van der Waals surface area contributed by atoms with Crippen molar-refractivity contribution >= 4 is 15.7 Å². The van der Waals surface area contributed by atoms with Gasteiger partial charge >= 0.3 is 0 Å². The summed E-state index contributed by atoms with van der Waals surface area (Å²) in [5.74, 6) is 0. The van der Waals surface area contributed by atoms with Crippen LogP contribution in [0.1, 0.15) is 39.0 Å². The second kappa shape index (κ2) is 6.59. The topological polar surface area (TPSA) is 49.4 Å². The van der Waals surface area contributed by atoms with Gasteiger partial charge in [-0.15, -0.1) is 0 Å². The van der Waals surface area contributed by atoms with Crippen LogP contribution in [0.5, 0.6) is 0 Å². The predicted molar refractivity (Wildman–Crippen MR) is 82.4 cm³/mol. The zero-order chi connectivity index (χ0) is 14.6. The van der Waals surface area contributed by atoms with E-state index >= 15 is 0 Å². The van der Waals surface area contributed by atoms with Crippen molar-refractivity contribution in [3.8, 4) is 0 Å². The average Bonchev–Trinajstić information content (AvgIpc) is 2.48. The molecule has 4 nitrogen and oxygen atoms in total. The molecule has 0 radical (unpaired) electrons. The molecule has 0 amide bonds. The fraction of sp³-hybridized carbons (Fsp3) is 0.600. The van der Waals surface area contributed by atoms with Gasteiger partial charge in [-0.1, -0.05) is 19.3 Å². The molecular weight excluding hydrogens is 272 g/mol. The lowest BCUT2D eigenvalue weighted by Crippen LogP contribution is -2.38. The Morgan fingerprint density at radius 3 is 2.30 bits per heavy atom. The maximum absolute atomic E-state index is 12.6. The van der Waals surface area contributed by atoms with E-state index < -0.39 is 10.0 Å². The van der Waals surface area contributed by atoms with Crippen molar-refractivity contribution in [3.63, 3.8) is 0 Å². The van der Waals surface area contributed by atoms with Gasteiger partial charge in [0.25, 0.3) is 0 Å². The number of nitrogens with zero attached hydrogens (tertiary/aromatic N) is 1. The normalized spacial score (nSPS) is 17.4. The highest BCUT2D eigenvalue weighted by atomic mass is 32.2. The molecule has 1 aromatic rings. The molecule has 112 valence electrons. The molecule has 1 aromatic carbocycles. The van der Waals surface area contributed by atoms with E-state index in [9.17, 15) is 8.42 Å². The summed E-state index contributed by atoms with van der Waals surface area (Å²) in [5, 5.41) is 3.17. The molecule has 1 aliphatic carbocycles. The molecule has 0 atom stereocenters. The van der Waals surface area contributed by atoms with E-state index in [1.54, 1.807) is 23.5 Å². The Morgan fingerprint density at radius 1 is 1.15 bits per heavy atom. The Hall–Kier alpha value is -1.07. The molecule has 0 spiro atoms. The third-order valence-electron chi connectivity index (χ3n) is 4.00. The van der Waals surface area contributed by atoms with Gasteiger partial charge in [0.05, 0.1) is 4.90 Å². The van der Waals surface area contributed by atoms with Gasteiger partial charge in [-0.2, -0.15) is 4.31 Å². The monoisotopic (exact) mass is 296 g/mol. The molecule has 0 aromatic heterocycles. The molecule has 20 heavy (non-hydrogen) atoms. The molecule has 0 heterocycles. The average molecular weight is 296 g/mol. The molecule has 1 N–H and O–H groups in total. The van der Waals surface area contributed by atoms with E-state index in [1.807, 2.05) is 19.1 Å². The van der Waals surface area contributed by atoms with E-state index in [0.717, 1.165) is 37.9 Å². The summed E-state index contributed by atoms with van der Waals surface area (Å²) >= 11 is 0. The minimum Gasteiger partial charge on any atom is -0.385 e. The van der Waals surface area contributed by atoms with Crippen LogP contribution >= 0.6 is 0 Å². The second-order valence-corrected chi connectivity index (χ2v) is 7.37. The number of hydrogen-bond donors (Lipinski definition) is 1. The van der Waals surface area contributed by atoms with Crippen molar-refractivity contribution in [2.45, 2.75) is 50.0 Å². The maximum Gasteiger partial charge on any atom is 0.243 e. The van der Waals surface area contributed by atoms with Gasteiger partial charge in [0.15, 0.2) is 0 Å². The smallest absolute Gasteiger partial charge is 0.243 e. The molecule has 0 unspecified atom stereocenters. The zero-order valence-corrected chi connectivity index (χ0v) is 13.1. The van der Waals surface area contributed by atoms with Gasteiger partial charge in [-0.25, -0.2) is 8.42 Å². The number of hydrogen-bond acceptors (Lipinski definition) is 3. The van der Waals surface area contributed by atoms with Crippen LogP contribution in [-0.4, -0.2) is 32.4 Å². The molecule has 1 aliphatic rings. The summed E-state index contributed by atoms with van der Waals surface area (Å²) in [7, 11) is -1.65. The quantitative estimate of drug-likeness (QED) is 0.908. The first kappa shape index (κ1) is 15.3. The lowest BCUT2D eigenvalue weighted by Gasteiger charge is -2.30. The first-order valence-electron chi connectivity index (χ1n) is 7.37. The van der Waals surface area contributed by atoms with Crippen LogP contribution in [0.3, 0.4) is 0 Å². The summed E-state index contributed by atoms with van der Waals surface area (Å²) in [6.07, 6.45) is 5.44. The van der Waals surface area contributed by atoms with Crippen LogP contribution in [0.2, 0.25) is 0 Å². The van der Waals surface area contributed by atoms with Crippen LogP contribution in [-0.2, 0) is 10.0 Å². The minimum atomic E-state index is -3.36.